The SMILES string of the molecule is O=C(NC1(CBr)CCOCC1)c1cc(Br)cc(Br)c1. The van der Waals surface area contributed by atoms with Crippen molar-refractivity contribution in [1.29, 1.82) is 0 Å². The van der Waals surface area contributed by atoms with E-state index in [-0.39, 0.29) is 11.4 Å². The smallest absolute Gasteiger partial charge is 0.251 e. The van der Waals surface area contributed by atoms with E-state index >= 15 is 0 Å². The molecular weight excluding hydrogens is 442 g/mol. The Morgan fingerprint density at radius 2 is 1.79 bits per heavy atom. The van der Waals surface area contributed by atoms with Gasteiger partial charge in [0, 0.05) is 33.1 Å². The van der Waals surface area contributed by atoms with Crippen LogP contribution in [0, 0.1) is 0 Å². The molecule has 0 aliphatic carbocycles. The van der Waals surface area contributed by atoms with E-state index in [2.05, 4.69) is 53.1 Å². The molecule has 0 unspecified atom stereocenters. The van der Waals surface area contributed by atoms with Crippen LogP contribution in [0.25, 0.3) is 0 Å². The molecule has 2 rings (SSSR count). The Bertz CT molecular complexity index is 453. The van der Waals surface area contributed by atoms with Crippen LogP contribution in [0.2, 0.25) is 0 Å². The quantitative estimate of drug-likeness (QED) is 0.702. The Morgan fingerprint density at radius 1 is 1.21 bits per heavy atom. The number of ether oxygens (including phenoxy) is 1. The van der Waals surface area contributed by atoms with Crippen molar-refractivity contribution in [1.82, 2.24) is 5.32 Å². The van der Waals surface area contributed by atoms with Gasteiger partial charge < -0.3 is 10.1 Å². The van der Waals surface area contributed by atoms with E-state index in [9.17, 15) is 4.79 Å². The predicted molar refractivity (Wildman–Crippen MR) is 85.9 cm³/mol. The Kier molecular flexibility index (Phi) is 5.45. The molecule has 0 spiro atoms. The highest BCUT2D eigenvalue weighted by molar-refractivity contribution is 9.11. The van der Waals surface area contributed by atoms with Gasteiger partial charge in [0.15, 0.2) is 0 Å². The number of nitrogens with one attached hydrogen (secondary N) is 1. The van der Waals surface area contributed by atoms with Gasteiger partial charge in [-0.15, -0.1) is 0 Å². The number of halogens is 3. The molecule has 1 aromatic rings. The fraction of sp³-hybridized carbons (Fsp3) is 0.462. The molecule has 1 saturated heterocycles. The lowest BCUT2D eigenvalue weighted by Gasteiger charge is -2.36. The van der Waals surface area contributed by atoms with Crippen molar-refractivity contribution < 1.29 is 9.53 Å². The highest BCUT2D eigenvalue weighted by Gasteiger charge is 2.33. The van der Waals surface area contributed by atoms with Gasteiger partial charge in [0.05, 0.1) is 5.54 Å². The minimum Gasteiger partial charge on any atom is -0.381 e. The van der Waals surface area contributed by atoms with E-state index in [1.165, 1.54) is 0 Å². The van der Waals surface area contributed by atoms with E-state index in [1.807, 2.05) is 18.2 Å². The molecule has 1 aliphatic rings. The number of amides is 1. The second kappa shape index (κ2) is 6.70. The summed E-state index contributed by atoms with van der Waals surface area (Å²) in [6.07, 6.45) is 1.67. The molecule has 1 amide bonds. The predicted octanol–water partition coefficient (Wildman–Crippen LogP) is 3.89. The number of rotatable bonds is 3. The third-order valence-corrected chi connectivity index (χ3v) is 5.20. The molecule has 1 fully saturated rings. The van der Waals surface area contributed by atoms with Crippen molar-refractivity contribution >= 4 is 53.7 Å². The third-order valence-electron chi connectivity index (χ3n) is 3.21. The number of alkyl halides is 1. The van der Waals surface area contributed by atoms with Crippen LogP contribution in [0.1, 0.15) is 23.2 Å². The standard InChI is InChI=1S/C13H14Br3NO2/c14-8-13(1-3-19-4-2-13)17-12(18)9-5-10(15)7-11(16)6-9/h5-7H,1-4,8H2,(H,17,18). The van der Waals surface area contributed by atoms with E-state index < -0.39 is 0 Å². The van der Waals surface area contributed by atoms with Crippen LogP contribution in [-0.4, -0.2) is 30.0 Å². The maximum absolute atomic E-state index is 12.4. The largest absolute Gasteiger partial charge is 0.381 e. The lowest BCUT2D eigenvalue weighted by atomic mass is 9.92. The minimum absolute atomic E-state index is 0.0525. The van der Waals surface area contributed by atoms with E-state index in [4.69, 9.17) is 4.74 Å². The Balaban J connectivity index is 2.15. The average Bonchev–Trinajstić information content (AvgIpc) is 2.38. The second-order valence-electron chi connectivity index (χ2n) is 4.64. The summed E-state index contributed by atoms with van der Waals surface area (Å²) in [5, 5.41) is 3.89. The van der Waals surface area contributed by atoms with Crippen LogP contribution in [0.4, 0.5) is 0 Å². The normalized spacial score (nSPS) is 18.1. The van der Waals surface area contributed by atoms with Crippen LogP contribution in [-0.2, 0) is 4.74 Å². The molecule has 0 saturated carbocycles. The molecule has 0 aromatic heterocycles. The first-order chi connectivity index (χ1) is 9.04. The minimum atomic E-state index is -0.204. The first-order valence-corrected chi connectivity index (χ1v) is 8.68. The highest BCUT2D eigenvalue weighted by atomic mass is 79.9. The van der Waals surface area contributed by atoms with E-state index in [0.29, 0.717) is 18.8 Å². The van der Waals surface area contributed by atoms with E-state index in [1.54, 1.807) is 0 Å². The van der Waals surface area contributed by atoms with Crippen LogP contribution in [0.15, 0.2) is 27.1 Å². The molecule has 1 heterocycles. The average molecular weight is 456 g/mol. The number of carbonyl (C=O) groups is 1. The fourth-order valence-electron chi connectivity index (χ4n) is 2.05. The maximum Gasteiger partial charge on any atom is 0.251 e. The topological polar surface area (TPSA) is 38.3 Å². The first-order valence-electron chi connectivity index (χ1n) is 5.97. The molecule has 0 bridgehead atoms. The summed E-state index contributed by atoms with van der Waals surface area (Å²) in [5.41, 5.74) is 0.442. The van der Waals surface area contributed by atoms with Crippen molar-refractivity contribution in [2.45, 2.75) is 18.4 Å². The molecule has 19 heavy (non-hydrogen) atoms. The molecule has 6 heteroatoms. The Labute approximate surface area is 137 Å². The number of carbonyl (C=O) groups excluding carboxylic acids is 1. The fourth-order valence-corrected chi connectivity index (χ4v) is 4.05. The van der Waals surface area contributed by atoms with Crippen molar-refractivity contribution in [3.63, 3.8) is 0 Å². The number of hydrogen-bond acceptors (Lipinski definition) is 2. The van der Waals surface area contributed by atoms with Crippen LogP contribution >= 0.6 is 47.8 Å². The lowest BCUT2D eigenvalue weighted by molar-refractivity contribution is 0.0442. The molecule has 1 aliphatic heterocycles. The molecule has 0 atom stereocenters. The van der Waals surface area contributed by atoms with Crippen molar-refractivity contribution in [3.05, 3.63) is 32.7 Å². The van der Waals surface area contributed by atoms with Gasteiger partial charge in [-0.3, -0.25) is 4.79 Å². The Morgan fingerprint density at radius 3 is 2.32 bits per heavy atom. The summed E-state index contributed by atoms with van der Waals surface area (Å²) >= 11 is 10.3. The summed E-state index contributed by atoms with van der Waals surface area (Å²) < 4.78 is 7.13. The molecule has 0 radical (unpaired) electrons. The van der Waals surface area contributed by atoms with Gasteiger partial charge in [-0.05, 0) is 31.0 Å². The van der Waals surface area contributed by atoms with Gasteiger partial charge >= 0.3 is 0 Å². The molecule has 3 nitrogen and oxygen atoms in total. The van der Waals surface area contributed by atoms with Crippen molar-refractivity contribution in [3.8, 4) is 0 Å². The van der Waals surface area contributed by atoms with Gasteiger partial charge in [-0.2, -0.15) is 0 Å². The number of benzene rings is 1. The summed E-state index contributed by atoms with van der Waals surface area (Å²) in [5.74, 6) is -0.0525. The highest BCUT2D eigenvalue weighted by Crippen LogP contribution is 2.25. The second-order valence-corrected chi connectivity index (χ2v) is 7.03. The molecule has 1 N–H and O–H groups in total. The summed E-state index contributed by atoms with van der Waals surface area (Å²) in [7, 11) is 0. The molecule has 1 aromatic carbocycles. The van der Waals surface area contributed by atoms with Crippen LogP contribution < -0.4 is 5.32 Å². The zero-order valence-electron chi connectivity index (χ0n) is 10.2. The van der Waals surface area contributed by atoms with Crippen molar-refractivity contribution in [2.75, 3.05) is 18.5 Å². The number of hydrogen-bond donors (Lipinski definition) is 1. The van der Waals surface area contributed by atoms with Crippen molar-refractivity contribution in [2.24, 2.45) is 0 Å². The first kappa shape index (κ1) is 15.5. The van der Waals surface area contributed by atoms with E-state index in [0.717, 1.165) is 27.1 Å². The van der Waals surface area contributed by atoms with Gasteiger partial charge in [-0.25, -0.2) is 0 Å². The monoisotopic (exact) mass is 453 g/mol. The van der Waals surface area contributed by atoms with Gasteiger partial charge in [0.25, 0.3) is 5.91 Å². The lowest BCUT2D eigenvalue weighted by Crippen LogP contribution is -2.53. The van der Waals surface area contributed by atoms with Gasteiger partial charge in [0.2, 0.25) is 0 Å². The third kappa shape index (κ3) is 4.03. The van der Waals surface area contributed by atoms with Crippen LogP contribution in [0.3, 0.4) is 0 Å². The summed E-state index contributed by atoms with van der Waals surface area (Å²) in [4.78, 5) is 12.4. The zero-order valence-corrected chi connectivity index (χ0v) is 15.0. The zero-order chi connectivity index (χ0) is 13.9. The summed E-state index contributed by atoms with van der Waals surface area (Å²) in [6, 6.07) is 5.55. The molecule has 104 valence electrons. The summed E-state index contributed by atoms with van der Waals surface area (Å²) in [6.45, 7) is 1.38. The van der Waals surface area contributed by atoms with Gasteiger partial charge in [-0.1, -0.05) is 47.8 Å². The van der Waals surface area contributed by atoms with Crippen LogP contribution in [0.5, 0.6) is 0 Å². The molecular formula is C13H14Br3NO2. The Hall–Kier alpha value is 0.0900. The maximum atomic E-state index is 12.4. The van der Waals surface area contributed by atoms with Gasteiger partial charge in [0.1, 0.15) is 0 Å².